The molecule has 1 aliphatic rings. The average molecular weight is 452 g/mol. The Bertz CT molecular complexity index is 961. The first kappa shape index (κ1) is 18.6. The van der Waals surface area contributed by atoms with Gasteiger partial charge in [-0.2, -0.15) is 0 Å². The SMILES string of the molecule is COc1ccc(/C=C2\C(=O)NC(=S)N(c3cccc(Cl)c3)C2=O)cc1Br. The second-order valence-corrected chi connectivity index (χ2v) is 7.01. The number of nitrogens with zero attached hydrogens (tertiary/aromatic N) is 1. The molecule has 1 saturated heterocycles. The van der Waals surface area contributed by atoms with E-state index in [2.05, 4.69) is 21.2 Å². The van der Waals surface area contributed by atoms with Crippen LogP contribution in [0.5, 0.6) is 5.75 Å². The van der Waals surface area contributed by atoms with Crippen molar-refractivity contribution in [3.05, 3.63) is 63.1 Å². The van der Waals surface area contributed by atoms with Gasteiger partial charge < -0.3 is 4.74 Å². The van der Waals surface area contributed by atoms with Crippen LogP contribution in [-0.4, -0.2) is 24.0 Å². The first-order valence-corrected chi connectivity index (χ1v) is 8.99. The quantitative estimate of drug-likeness (QED) is 0.436. The molecule has 3 rings (SSSR count). The zero-order valence-electron chi connectivity index (χ0n) is 13.5. The van der Waals surface area contributed by atoms with Crippen LogP contribution >= 0.6 is 39.7 Å². The molecule has 26 heavy (non-hydrogen) atoms. The Morgan fingerprint density at radius 1 is 1.23 bits per heavy atom. The van der Waals surface area contributed by atoms with Gasteiger partial charge in [0.05, 0.1) is 17.3 Å². The molecule has 0 atom stereocenters. The van der Waals surface area contributed by atoms with Gasteiger partial charge >= 0.3 is 0 Å². The number of benzene rings is 2. The minimum Gasteiger partial charge on any atom is -0.496 e. The van der Waals surface area contributed by atoms with Crippen molar-refractivity contribution in [1.82, 2.24) is 5.32 Å². The predicted octanol–water partition coefficient (Wildman–Crippen LogP) is 3.94. The summed E-state index contributed by atoms with van der Waals surface area (Å²) in [6.45, 7) is 0. The Morgan fingerprint density at radius 3 is 2.65 bits per heavy atom. The highest BCUT2D eigenvalue weighted by atomic mass is 79.9. The molecular weight excluding hydrogens is 440 g/mol. The highest BCUT2D eigenvalue weighted by Gasteiger charge is 2.34. The lowest BCUT2D eigenvalue weighted by molar-refractivity contribution is -0.122. The van der Waals surface area contributed by atoms with Crippen LogP contribution in [0.25, 0.3) is 6.08 Å². The minimum atomic E-state index is -0.551. The summed E-state index contributed by atoms with van der Waals surface area (Å²) >= 11 is 14.5. The lowest BCUT2D eigenvalue weighted by Gasteiger charge is -2.29. The van der Waals surface area contributed by atoms with Crippen LogP contribution < -0.4 is 15.0 Å². The molecule has 0 bridgehead atoms. The first-order valence-electron chi connectivity index (χ1n) is 7.41. The van der Waals surface area contributed by atoms with Crippen LogP contribution in [-0.2, 0) is 9.59 Å². The Morgan fingerprint density at radius 2 is 2.00 bits per heavy atom. The van der Waals surface area contributed by atoms with Gasteiger partial charge in [-0.05, 0) is 70.1 Å². The van der Waals surface area contributed by atoms with E-state index < -0.39 is 11.8 Å². The van der Waals surface area contributed by atoms with Crippen molar-refractivity contribution < 1.29 is 14.3 Å². The van der Waals surface area contributed by atoms with Crippen LogP contribution in [0.4, 0.5) is 5.69 Å². The number of hydrogen-bond acceptors (Lipinski definition) is 4. The van der Waals surface area contributed by atoms with Crippen molar-refractivity contribution >= 4 is 68.4 Å². The number of rotatable bonds is 3. The van der Waals surface area contributed by atoms with Gasteiger partial charge in [0, 0.05) is 5.02 Å². The van der Waals surface area contributed by atoms with E-state index in [0.29, 0.717) is 26.5 Å². The van der Waals surface area contributed by atoms with Crippen LogP contribution in [0.15, 0.2) is 52.5 Å². The van der Waals surface area contributed by atoms with Gasteiger partial charge in [0.25, 0.3) is 11.8 Å². The zero-order chi connectivity index (χ0) is 18.8. The number of amides is 2. The van der Waals surface area contributed by atoms with Crippen LogP contribution in [0, 0.1) is 0 Å². The Labute approximate surface area is 168 Å². The highest BCUT2D eigenvalue weighted by Crippen LogP contribution is 2.28. The number of halogens is 2. The Kier molecular flexibility index (Phi) is 5.41. The van der Waals surface area contributed by atoms with Crippen molar-refractivity contribution in [3.8, 4) is 5.75 Å². The molecule has 0 aliphatic carbocycles. The molecule has 0 aromatic heterocycles. The molecule has 0 saturated carbocycles. The second kappa shape index (κ2) is 7.57. The molecule has 8 heteroatoms. The maximum absolute atomic E-state index is 12.9. The van der Waals surface area contributed by atoms with E-state index >= 15 is 0 Å². The first-order chi connectivity index (χ1) is 12.4. The minimum absolute atomic E-state index is 0.00956. The van der Waals surface area contributed by atoms with Crippen molar-refractivity contribution in [2.75, 3.05) is 12.0 Å². The number of ether oxygens (including phenoxy) is 1. The topological polar surface area (TPSA) is 58.6 Å². The third-order valence-corrected chi connectivity index (χ3v) is 4.79. The monoisotopic (exact) mass is 450 g/mol. The molecule has 2 amide bonds. The summed E-state index contributed by atoms with van der Waals surface area (Å²) in [4.78, 5) is 26.4. The smallest absolute Gasteiger partial charge is 0.270 e. The number of methoxy groups -OCH3 is 1. The normalized spacial score (nSPS) is 16.0. The fraction of sp³-hybridized carbons (Fsp3) is 0.0556. The van der Waals surface area contributed by atoms with E-state index in [1.807, 2.05) is 0 Å². The highest BCUT2D eigenvalue weighted by molar-refractivity contribution is 9.10. The van der Waals surface area contributed by atoms with Gasteiger partial charge in [-0.25, -0.2) is 0 Å². The Balaban J connectivity index is 2.01. The fourth-order valence-electron chi connectivity index (χ4n) is 2.45. The molecule has 1 heterocycles. The molecule has 1 aliphatic heterocycles. The molecule has 5 nitrogen and oxygen atoms in total. The summed E-state index contributed by atoms with van der Waals surface area (Å²) in [6.07, 6.45) is 1.50. The molecular formula is C18H12BrClN2O3S. The van der Waals surface area contributed by atoms with E-state index in [-0.39, 0.29) is 10.7 Å². The molecule has 132 valence electrons. The summed E-state index contributed by atoms with van der Waals surface area (Å²) in [5, 5.41) is 3.00. The lowest BCUT2D eigenvalue weighted by Crippen LogP contribution is -2.54. The van der Waals surface area contributed by atoms with Crippen molar-refractivity contribution in [2.24, 2.45) is 0 Å². The summed E-state index contributed by atoms with van der Waals surface area (Å²) in [5.41, 5.74) is 1.11. The molecule has 2 aromatic rings. The van der Waals surface area contributed by atoms with Crippen molar-refractivity contribution in [3.63, 3.8) is 0 Å². The average Bonchev–Trinajstić information content (AvgIpc) is 2.58. The van der Waals surface area contributed by atoms with Gasteiger partial charge in [0.2, 0.25) is 0 Å². The largest absolute Gasteiger partial charge is 0.496 e. The summed E-state index contributed by atoms with van der Waals surface area (Å²) < 4.78 is 5.89. The van der Waals surface area contributed by atoms with Crippen molar-refractivity contribution in [2.45, 2.75) is 0 Å². The van der Waals surface area contributed by atoms with Gasteiger partial charge in [-0.1, -0.05) is 23.7 Å². The molecule has 0 radical (unpaired) electrons. The number of carbonyl (C=O) groups excluding carboxylic acids is 2. The van der Waals surface area contributed by atoms with E-state index in [4.69, 9.17) is 28.6 Å². The summed E-state index contributed by atoms with van der Waals surface area (Å²) in [6, 6.07) is 11.9. The standard InChI is InChI=1S/C18H12BrClN2O3S/c1-25-15-6-5-10(8-14(15)19)7-13-16(23)21-18(26)22(17(13)24)12-4-2-3-11(20)9-12/h2-9H,1H3,(H,21,23,26)/b13-7+. The van der Waals surface area contributed by atoms with E-state index in [9.17, 15) is 9.59 Å². The molecule has 1 N–H and O–H groups in total. The zero-order valence-corrected chi connectivity index (χ0v) is 16.6. The second-order valence-electron chi connectivity index (χ2n) is 5.33. The summed E-state index contributed by atoms with van der Waals surface area (Å²) in [7, 11) is 1.56. The predicted molar refractivity (Wildman–Crippen MR) is 108 cm³/mol. The van der Waals surface area contributed by atoms with Crippen LogP contribution in [0.3, 0.4) is 0 Å². The maximum Gasteiger partial charge on any atom is 0.270 e. The van der Waals surface area contributed by atoms with E-state index in [1.54, 1.807) is 49.6 Å². The molecule has 0 unspecified atom stereocenters. The third-order valence-electron chi connectivity index (χ3n) is 3.65. The Hall–Kier alpha value is -2.22. The van der Waals surface area contributed by atoms with Crippen LogP contribution in [0.1, 0.15) is 5.56 Å². The van der Waals surface area contributed by atoms with Gasteiger partial charge in [0.1, 0.15) is 11.3 Å². The van der Waals surface area contributed by atoms with Gasteiger partial charge in [0.15, 0.2) is 5.11 Å². The third kappa shape index (κ3) is 3.65. The number of hydrogen-bond donors (Lipinski definition) is 1. The fourth-order valence-corrected chi connectivity index (χ4v) is 3.47. The van der Waals surface area contributed by atoms with Crippen molar-refractivity contribution in [1.29, 1.82) is 0 Å². The number of anilines is 1. The molecule has 1 fully saturated rings. The number of carbonyl (C=O) groups is 2. The molecule has 2 aromatic carbocycles. The number of thiocarbonyl (C=S) groups is 1. The van der Waals surface area contributed by atoms with Crippen LogP contribution in [0.2, 0.25) is 5.02 Å². The van der Waals surface area contributed by atoms with E-state index in [1.165, 1.54) is 11.0 Å². The van der Waals surface area contributed by atoms with Gasteiger partial charge in [-0.15, -0.1) is 0 Å². The van der Waals surface area contributed by atoms with E-state index in [0.717, 1.165) is 0 Å². The van der Waals surface area contributed by atoms with Gasteiger partial charge in [-0.3, -0.25) is 19.8 Å². The molecule has 0 spiro atoms. The lowest BCUT2D eigenvalue weighted by atomic mass is 10.1. The number of nitrogens with one attached hydrogen (secondary N) is 1. The maximum atomic E-state index is 12.9. The summed E-state index contributed by atoms with van der Waals surface area (Å²) in [5.74, 6) is -0.425.